The standard InChI is InChI=1S/C18H13ClFNO3/c1-2-23-18(22)15-16(11-5-9-14(20)10-6-11)24-17(21-15)12-3-7-13(19)8-4-12/h3-10H,2H2,1H3. The Balaban J connectivity index is 2.10. The minimum atomic E-state index is -0.596. The van der Waals surface area contributed by atoms with Gasteiger partial charge in [-0.05, 0) is 55.5 Å². The number of carbonyl (C=O) groups excluding carboxylic acids is 1. The number of ether oxygens (including phenoxy) is 1. The topological polar surface area (TPSA) is 52.3 Å². The van der Waals surface area contributed by atoms with Crippen LogP contribution in [0, 0.1) is 5.82 Å². The highest BCUT2D eigenvalue weighted by Gasteiger charge is 2.23. The van der Waals surface area contributed by atoms with Crippen molar-refractivity contribution in [1.82, 2.24) is 4.98 Å². The smallest absolute Gasteiger partial charge is 0.361 e. The van der Waals surface area contributed by atoms with Crippen molar-refractivity contribution in [3.63, 3.8) is 0 Å². The van der Waals surface area contributed by atoms with Crippen LogP contribution in [0.2, 0.25) is 5.02 Å². The zero-order valence-electron chi connectivity index (χ0n) is 12.8. The SMILES string of the molecule is CCOC(=O)c1nc(-c2ccc(Cl)cc2)oc1-c1ccc(F)cc1. The normalized spacial score (nSPS) is 10.6. The van der Waals surface area contributed by atoms with Crippen LogP contribution in [0.1, 0.15) is 17.4 Å². The predicted molar refractivity (Wildman–Crippen MR) is 88.3 cm³/mol. The maximum absolute atomic E-state index is 13.1. The number of carbonyl (C=O) groups is 1. The van der Waals surface area contributed by atoms with E-state index in [1.807, 2.05) is 0 Å². The molecule has 0 aliphatic carbocycles. The lowest BCUT2D eigenvalue weighted by Crippen LogP contribution is -2.06. The van der Waals surface area contributed by atoms with Gasteiger partial charge in [0.15, 0.2) is 11.5 Å². The van der Waals surface area contributed by atoms with Crippen LogP contribution >= 0.6 is 11.6 Å². The summed E-state index contributed by atoms with van der Waals surface area (Å²) in [6.45, 7) is 1.92. The molecule has 24 heavy (non-hydrogen) atoms. The molecular formula is C18H13ClFNO3. The molecule has 3 aromatic rings. The van der Waals surface area contributed by atoms with Gasteiger partial charge in [0.2, 0.25) is 5.89 Å². The lowest BCUT2D eigenvalue weighted by atomic mass is 10.1. The van der Waals surface area contributed by atoms with E-state index in [1.165, 1.54) is 24.3 Å². The maximum atomic E-state index is 13.1. The van der Waals surface area contributed by atoms with E-state index in [1.54, 1.807) is 31.2 Å². The number of oxazole rings is 1. The summed E-state index contributed by atoms with van der Waals surface area (Å²) in [6.07, 6.45) is 0. The molecule has 3 rings (SSSR count). The molecule has 0 saturated carbocycles. The molecule has 2 aromatic carbocycles. The first kappa shape index (κ1) is 16.2. The summed E-state index contributed by atoms with van der Waals surface area (Å²) in [5.74, 6) is -0.484. The molecule has 0 unspecified atom stereocenters. The fourth-order valence-electron chi connectivity index (χ4n) is 2.17. The van der Waals surface area contributed by atoms with Gasteiger partial charge in [-0.3, -0.25) is 0 Å². The van der Waals surface area contributed by atoms with E-state index in [2.05, 4.69) is 4.98 Å². The van der Waals surface area contributed by atoms with Crippen LogP contribution in [-0.2, 0) is 4.74 Å². The van der Waals surface area contributed by atoms with E-state index in [0.717, 1.165) is 0 Å². The monoisotopic (exact) mass is 345 g/mol. The summed E-state index contributed by atoms with van der Waals surface area (Å²) in [4.78, 5) is 16.4. The van der Waals surface area contributed by atoms with E-state index in [9.17, 15) is 9.18 Å². The van der Waals surface area contributed by atoms with Crippen molar-refractivity contribution < 1.29 is 18.3 Å². The highest BCUT2D eigenvalue weighted by molar-refractivity contribution is 6.30. The number of rotatable bonds is 4. The Labute approximate surface area is 142 Å². The molecule has 0 saturated heterocycles. The molecule has 0 aliphatic heterocycles. The van der Waals surface area contributed by atoms with Crippen molar-refractivity contribution in [2.24, 2.45) is 0 Å². The van der Waals surface area contributed by atoms with Crippen molar-refractivity contribution in [3.8, 4) is 22.8 Å². The number of benzene rings is 2. The number of halogens is 2. The third-order valence-electron chi connectivity index (χ3n) is 3.29. The quantitative estimate of drug-likeness (QED) is 0.626. The Kier molecular flexibility index (Phi) is 4.62. The molecule has 0 aliphatic rings. The van der Waals surface area contributed by atoms with Crippen LogP contribution in [-0.4, -0.2) is 17.6 Å². The van der Waals surface area contributed by atoms with Crippen molar-refractivity contribution in [2.75, 3.05) is 6.61 Å². The van der Waals surface area contributed by atoms with Crippen LogP contribution < -0.4 is 0 Å². The molecule has 0 amide bonds. The van der Waals surface area contributed by atoms with E-state index in [0.29, 0.717) is 16.1 Å². The number of esters is 1. The Bertz CT molecular complexity index is 857. The fraction of sp³-hybridized carbons (Fsp3) is 0.111. The summed E-state index contributed by atoms with van der Waals surface area (Å²) in [5, 5.41) is 0.578. The molecule has 0 spiro atoms. The van der Waals surface area contributed by atoms with Gasteiger partial charge in [-0.2, -0.15) is 0 Å². The second kappa shape index (κ2) is 6.84. The molecule has 1 heterocycles. The molecule has 0 atom stereocenters. The van der Waals surface area contributed by atoms with E-state index in [-0.39, 0.29) is 29.8 Å². The first-order chi connectivity index (χ1) is 11.6. The minimum Gasteiger partial charge on any atom is -0.461 e. The number of nitrogens with zero attached hydrogens (tertiary/aromatic N) is 1. The largest absolute Gasteiger partial charge is 0.461 e. The van der Waals surface area contributed by atoms with Gasteiger partial charge in [-0.1, -0.05) is 11.6 Å². The van der Waals surface area contributed by atoms with E-state index < -0.39 is 5.97 Å². The van der Waals surface area contributed by atoms with Crippen molar-refractivity contribution >= 4 is 17.6 Å². The maximum Gasteiger partial charge on any atom is 0.361 e. The average molecular weight is 346 g/mol. The Morgan fingerprint density at radius 3 is 2.38 bits per heavy atom. The van der Waals surface area contributed by atoms with Gasteiger partial charge in [-0.15, -0.1) is 0 Å². The summed E-state index contributed by atoms with van der Waals surface area (Å²) >= 11 is 5.88. The van der Waals surface area contributed by atoms with Gasteiger partial charge in [0.1, 0.15) is 5.82 Å². The van der Waals surface area contributed by atoms with Gasteiger partial charge in [0.05, 0.1) is 6.61 Å². The Morgan fingerprint density at radius 2 is 1.75 bits per heavy atom. The second-order valence-electron chi connectivity index (χ2n) is 4.93. The van der Waals surface area contributed by atoms with E-state index in [4.69, 9.17) is 20.8 Å². The van der Waals surface area contributed by atoms with Gasteiger partial charge in [0.25, 0.3) is 0 Å². The van der Waals surface area contributed by atoms with Crippen molar-refractivity contribution in [2.45, 2.75) is 6.92 Å². The number of hydrogen-bond acceptors (Lipinski definition) is 4. The third-order valence-corrected chi connectivity index (χ3v) is 3.55. The highest BCUT2D eigenvalue weighted by Crippen LogP contribution is 2.31. The summed E-state index contributed by atoms with van der Waals surface area (Å²) < 4.78 is 23.9. The van der Waals surface area contributed by atoms with Gasteiger partial charge >= 0.3 is 5.97 Å². The molecule has 1 aromatic heterocycles. The van der Waals surface area contributed by atoms with Crippen LogP contribution in [0.25, 0.3) is 22.8 Å². The summed E-state index contributed by atoms with van der Waals surface area (Å²) in [5.41, 5.74) is 1.25. The van der Waals surface area contributed by atoms with Gasteiger partial charge in [-0.25, -0.2) is 14.2 Å². The van der Waals surface area contributed by atoms with Crippen molar-refractivity contribution in [1.29, 1.82) is 0 Å². The van der Waals surface area contributed by atoms with Crippen LogP contribution in [0.4, 0.5) is 4.39 Å². The van der Waals surface area contributed by atoms with E-state index >= 15 is 0 Å². The van der Waals surface area contributed by atoms with Crippen LogP contribution in [0.3, 0.4) is 0 Å². The molecule has 0 bridgehead atoms. The fourth-order valence-corrected chi connectivity index (χ4v) is 2.30. The van der Waals surface area contributed by atoms with Crippen LogP contribution in [0.15, 0.2) is 52.9 Å². The van der Waals surface area contributed by atoms with Crippen molar-refractivity contribution in [3.05, 3.63) is 65.1 Å². The highest BCUT2D eigenvalue weighted by atomic mass is 35.5. The van der Waals surface area contributed by atoms with Gasteiger partial charge in [0, 0.05) is 16.1 Å². The molecule has 0 radical (unpaired) electrons. The van der Waals surface area contributed by atoms with Gasteiger partial charge < -0.3 is 9.15 Å². The van der Waals surface area contributed by atoms with Crippen LogP contribution in [0.5, 0.6) is 0 Å². The summed E-state index contributed by atoms with van der Waals surface area (Å²) in [7, 11) is 0. The zero-order chi connectivity index (χ0) is 17.1. The molecule has 4 nitrogen and oxygen atoms in total. The lowest BCUT2D eigenvalue weighted by Gasteiger charge is -2.01. The lowest BCUT2D eigenvalue weighted by molar-refractivity contribution is 0.0520. The Morgan fingerprint density at radius 1 is 1.12 bits per heavy atom. The minimum absolute atomic E-state index is 0.0495. The second-order valence-corrected chi connectivity index (χ2v) is 5.37. The number of hydrogen-bond donors (Lipinski definition) is 0. The average Bonchev–Trinajstić information content (AvgIpc) is 3.02. The molecule has 0 fully saturated rings. The molecule has 122 valence electrons. The molecule has 0 N–H and O–H groups in total. The summed E-state index contributed by atoms with van der Waals surface area (Å²) in [6, 6.07) is 12.5. The number of aromatic nitrogens is 1. The third kappa shape index (κ3) is 3.31. The Hall–Kier alpha value is -2.66. The predicted octanol–water partition coefficient (Wildman–Crippen LogP) is 4.98. The first-order valence-electron chi connectivity index (χ1n) is 7.28. The molecular weight excluding hydrogens is 333 g/mol. The first-order valence-corrected chi connectivity index (χ1v) is 7.66. The zero-order valence-corrected chi connectivity index (χ0v) is 13.5. The molecule has 6 heteroatoms.